The van der Waals surface area contributed by atoms with E-state index in [1.807, 2.05) is 0 Å². The predicted octanol–water partition coefficient (Wildman–Crippen LogP) is 4.37. The number of nitrogens with zero attached hydrogens (tertiary/aromatic N) is 2. The van der Waals surface area contributed by atoms with Crippen LogP contribution in [0.4, 0.5) is 5.69 Å². The number of H-pyrrole nitrogens is 1. The van der Waals surface area contributed by atoms with E-state index in [2.05, 4.69) is 20.5 Å². The van der Waals surface area contributed by atoms with Crippen LogP contribution in [-0.2, 0) is 22.6 Å². The number of rotatable bonds is 11. The molecule has 3 heterocycles. The first-order valence-corrected chi connectivity index (χ1v) is 16.1. The van der Waals surface area contributed by atoms with Crippen molar-refractivity contribution in [3.63, 3.8) is 0 Å². The van der Waals surface area contributed by atoms with E-state index in [1.54, 1.807) is 49.5 Å². The molecule has 4 aromatic rings. The van der Waals surface area contributed by atoms with Gasteiger partial charge in [0, 0.05) is 47.7 Å². The van der Waals surface area contributed by atoms with E-state index < -0.39 is 23.8 Å². The summed E-state index contributed by atoms with van der Waals surface area (Å²) in [6.45, 7) is 2.22. The first-order valence-electron chi connectivity index (χ1n) is 14.9. The van der Waals surface area contributed by atoms with Crippen LogP contribution in [0.2, 0.25) is 5.02 Å². The maximum absolute atomic E-state index is 13.9. The molecule has 13 heteroatoms. The van der Waals surface area contributed by atoms with Crippen LogP contribution in [0.1, 0.15) is 49.7 Å². The van der Waals surface area contributed by atoms with Gasteiger partial charge in [-0.05, 0) is 79.5 Å². The number of pyridine rings is 1. The lowest BCUT2D eigenvalue weighted by atomic mass is 10.0. The minimum Gasteiger partial charge on any atom is -0.477 e. The van der Waals surface area contributed by atoms with Crippen molar-refractivity contribution < 1.29 is 24.3 Å². The number of carbonyl (C=O) groups excluding carboxylic acids is 3. The molecule has 46 heavy (non-hydrogen) atoms. The van der Waals surface area contributed by atoms with Gasteiger partial charge in [-0.25, -0.2) is 4.79 Å². The van der Waals surface area contributed by atoms with Crippen LogP contribution < -0.4 is 16.2 Å². The number of thiophene rings is 1. The Morgan fingerprint density at radius 1 is 1.00 bits per heavy atom. The summed E-state index contributed by atoms with van der Waals surface area (Å²) < 4.78 is 0. The fourth-order valence-electron chi connectivity index (χ4n) is 5.51. The zero-order valence-corrected chi connectivity index (χ0v) is 26.7. The molecular weight excluding hydrogens is 630 g/mol. The van der Waals surface area contributed by atoms with Crippen LogP contribution in [0.15, 0.2) is 65.5 Å². The second-order valence-electron chi connectivity index (χ2n) is 11.3. The SMILES string of the molecule is CN(Cc1cc(=O)[nH]c2ccc(Cl)cc12)C(=O)[C@H](Cc1ccc(NC(=O)CN2CCCCC2)cc1)NC(=O)c1ccc(C(=O)O)s1. The smallest absolute Gasteiger partial charge is 0.345 e. The first kappa shape index (κ1) is 32.9. The van der Waals surface area contributed by atoms with E-state index >= 15 is 0 Å². The normalized spacial score (nSPS) is 14.0. The Bertz CT molecular complexity index is 1820. The lowest BCUT2D eigenvalue weighted by Crippen LogP contribution is -2.48. The molecule has 2 aromatic carbocycles. The molecule has 5 rings (SSSR count). The Balaban J connectivity index is 1.33. The van der Waals surface area contributed by atoms with E-state index in [-0.39, 0.29) is 34.2 Å². The largest absolute Gasteiger partial charge is 0.477 e. The van der Waals surface area contributed by atoms with Gasteiger partial charge < -0.3 is 25.6 Å². The Hall–Kier alpha value is -4.52. The third kappa shape index (κ3) is 8.39. The summed E-state index contributed by atoms with van der Waals surface area (Å²) in [5, 5.41) is 16.1. The average Bonchev–Trinajstić information content (AvgIpc) is 3.53. The number of aromatic amines is 1. The molecule has 4 N–H and O–H groups in total. The highest BCUT2D eigenvalue weighted by atomic mass is 35.5. The molecule has 3 amide bonds. The molecule has 1 atom stereocenters. The number of hydrogen-bond acceptors (Lipinski definition) is 7. The molecule has 0 spiro atoms. The van der Waals surface area contributed by atoms with Crippen molar-refractivity contribution in [3.05, 3.63) is 96.9 Å². The zero-order valence-electron chi connectivity index (χ0n) is 25.2. The number of likely N-dealkylation sites (tertiary alicyclic amines) is 1. The summed E-state index contributed by atoms with van der Waals surface area (Å²) in [5.74, 6) is -2.25. The highest BCUT2D eigenvalue weighted by molar-refractivity contribution is 7.15. The van der Waals surface area contributed by atoms with E-state index in [0.717, 1.165) is 42.8 Å². The van der Waals surface area contributed by atoms with Crippen molar-refractivity contribution in [2.24, 2.45) is 0 Å². The molecule has 1 saturated heterocycles. The first-order chi connectivity index (χ1) is 22.0. The van der Waals surface area contributed by atoms with Crippen LogP contribution in [0.5, 0.6) is 0 Å². The second kappa shape index (κ2) is 14.7. The van der Waals surface area contributed by atoms with E-state index in [0.29, 0.717) is 33.7 Å². The number of piperidine rings is 1. The molecule has 0 bridgehead atoms. The summed E-state index contributed by atoms with van der Waals surface area (Å²) in [5.41, 5.74) is 2.18. The minimum absolute atomic E-state index is 0.00269. The third-order valence-electron chi connectivity index (χ3n) is 7.81. The Morgan fingerprint density at radius 3 is 2.41 bits per heavy atom. The van der Waals surface area contributed by atoms with Crippen LogP contribution in [0, 0.1) is 0 Å². The van der Waals surface area contributed by atoms with Gasteiger partial charge in [-0.15, -0.1) is 11.3 Å². The summed E-state index contributed by atoms with van der Waals surface area (Å²) in [6.07, 6.45) is 3.49. The number of amides is 3. The van der Waals surface area contributed by atoms with Crippen molar-refractivity contribution in [2.45, 2.75) is 38.3 Å². The molecule has 1 aliphatic rings. The summed E-state index contributed by atoms with van der Waals surface area (Å²) in [6, 6.07) is 15.3. The lowest BCUT2D eigenvalue weighted by Gasteiger charge is -2.26. The van der Waals surface area contributed by atoms with Gasteiger partial charge in [0.15, 0.2) is 0 Å². The number of likely N-dealkylation sites (N-methyl/N-ethyl adjacent to an activating group) is 1. The number of aromatic carboxylic acids is 1. The molecule has 2 aromatic heterocycles. The van der Waals surface area contributed by atoms with Gasteiger partial charge in [0.05, 0.1) is 11.4 Å². The molecular formula is C33H34ClN5O6S. The molecule has 1 fully saturated rings. The Kier molecular flexibility index (Phi) is 10.5. The molecule has 0 saturated carbocycles. The van der Waals surface area contributed by atoms with Crippen molar-refractivity contribution in [3.8, 4) is 0 Å². The predicted molar refractivity (Wildman–Crippen MR) is 178 cm³/mol. The van der Waals surface area contributed by atoms with Gasteiger partial charge in [0.1, 0.15) is 10.9 Å². The van der Waals surface area contributed by atoms with Crippen LogP contribution in [0.25, 0.3) is 10.9 Å². The fourth-order valence-corrected chi connectivity index (χ4v) is 6.43. The number of benzene rings is 2. The van der Waals surface area contributed by atoms with Gasteiger partial charge in [-0.3, -0.25) is 24.1 Å². The number of carboxylic acid groups (broad SMARTS) is 1. The number of carbonyl (C=O) groups is 4. The quantitative estimate of drug-likeness (QED) is 0.186. The highest BCUT2D eigenvalue weighted by Gasteiger charge is 2.27. The second-order valence-corrected chi connectivity index (χ2v) is 12.8. The number of carboxylic acids is 1. The third-order valence-corrected chi connectivity index (χ3v) is 9.12. The molecule has 1 aliphatic heterocycles. The van der Waals surface area contributed by atoms with E-state index in [1.165, 1.54) is 29.5 Å². The van der Waals surface area contributed by atoms with E-state index in [9.17, 15) is 29.1 Å². The van der Waals surface area contributed by atoms with Crippen molar-refractivity contribution >= 4 is 63.2 Å². The van der Waals surface area contributed by atoms with Crippen molar-refractivity contribution in [1.82, 2.24) is 20.1 Å². The molecule has 240 valence electrons. The maximum atomic E-state index is 13.9. The van der Waals surface area contributed by atoms with Crippen LogP contribution in [0.3, 0.4) is 0 Å². The van der Waals surface area contributed by atoms with Gasteiger partial charge >= 0.3 is 5.97 Å². The number of fused-ring (bicyclic) bond motifs is 1. The summed E-state index contributed by atoms with van der Waals surface area (Å²) in [7, 11) is 1.58. The molecule has 11 nitrogen and oxygen atoms in total. The molecule has 0 aliphatic carbocycles. The Morgan fingerprint density at radius 2 is 1.72 bits per heavy atom. The standard InChI is InChI=1S/C33H34ClN5O6S/c1-38(18-21-16-29(40)36-25-10-7-22(34)17-24(21)25)32(43)26(37-31(42)27-11-12-28(46-27)33(44)45)15-20-5-8-23(9-6-20)35-30(41)19-39-13-3-2-4-14-39/h5-12,16-17,26H,2-4,13-15,18-19H2,1H3,(H,35,41)(H,36,40)(H,37,42)(H,44,45)/t26-/m0/s1. The minimum atomic E-state index is -1.15. The monoisotopic (exact) mass is 663 g/mol. The van der Waals surface area contributed by atoms with Crippen LogP contribution in [-0.4, -0.2) is 76.3 Å². The number of halogens is 1. The zero-order chi connectivity index (χ0) is 32.8. The number of aromatic nitrogens is 1. The number of anilines is 1. The number of nitrogens with one attached hydrogen (secondary N) is 3. The van der Waals surface area contributed by atoms with E-state index in [4.69, 9.17) is 11.6 Å². The van der Waals surface area contributed by atoms with Crippen molar-refractivity contribution in [1.29, 1.82) is 0 Å². The summed E-state index contributed by atoms with van der Waals surface area (Å²) >= 11 is 7.02. The topological polar surface area (TPSA) is 152 Å². The van der Waals surface area contributed by atoms with Gasteiger partial charge in [0.25, 0.3) is 5.91 Å². The number of hydrogen-bond donors (Lipinski definition) is 4. The molecule has 0 unspecified atom stereocenters. The maximum Gasteiger partial charge on any atom is 0.345 e. The van der Waals surface area contributed by atoms with Crippen LogP contribution >= 0.6 is 22.9 Å². The Labute approximate surface area is 274 Å². The van der Waals surface area contributed by atoms with Gasteiger partial charge in [-0.2, -0.15) is 0 Å². The van der Waals surface area contributed by atoms with Gasteiger partial charge in [-0.1, -0.05) is 30.2 Å². The lowest BCUT2D eigenvalue weighted by molar-refractivity contribution is -0.132. The highest BCUT2D eigenvalue weighted by Crippen LogP contribution is 2.22. The van der Waals surface area contributed by atoms with Gasteiger partial charge in [0.2, 0.25) is 17.4 Å². The van der Waals surface area contributed by atoms with Crippen molar-refractivity contribution in [2.75, 3.05) is 32.0 Å². The summed E-state index contributed by atoms with van der Waals surface area (Å²) in [4.78, 5) is 69.8. The molecule has 0 radical (unpaired) electrons. The average molecular weight is 664 g/mol. The fraction of sp³-hybridized carbons (Fsp3) is 0.303.